The molecule has 0 saturated carbocycles. The molecule has 0 saturated heterocycles. The van der Waals surface area contributed by atoms with Gasteiger partial charge >= 0.3 is 12.1 Å². The standard InChI is InChI=1S/C14H25NO5/c1-11(2)12(16)19-10-9-18-8-7-15(6)13(17)20-14(3,4)5/h1,7-10H2,2-6H3. The van der Waals surface area contributed by atoms with Gasteiger partial charge in [0.1, 0.15) is 12.2 Å². The van der Waals surface area contributed by atoms with Crippen LogP contribution < -0.4 is 0 Å². The van der Waals surface area contributed by atoms with E-state index in [1.54, 1.807) is 14.0 Å². The Morgan fingerprint density at radius 2 is 1.75 bits per heavy atom. The molecule has 0 spiro atoms. The lowest BCUT2D eigenvalue weighted by atomic mass is 10.2. The van der Waals surface area contributed by atoms with Crippen LogP contribution in [0.2, 0.25) is 0 Å². The first kappa shape index (κ1) is 18.4. The van der Waals surface area contributed by atoms with Crippen LogP contribution in [0.5, 0.6) is 0 Å². The molecule has 6 heteroatoms. The van der Waals surface area contributed by atoms with E-state index in [-0.39, 0.29) is 13.2 Å². The van der Waals surface area contributed by atoms with Gasteiger partial charge in [-0.2, -0.15) is 0 Å². The first-order chi connectivity index (χ1) is 9.13. The van der Waals surface area contributed by atoms with Gasteiger partial charge < -0.3 is 19.1 Å². The molecule has 0 N–H and O–H groups in total. The molecule has 0 aromatic carbocycles. The fraction of sp³-hybridized carbons (Fsp3) is 0.714. The normalized spacial score (nSPS) is 10.8. The number of rotatable bonds is 7. The van der Waals surface area contributed by atoms with Gasteiger partial charge in [0.25, 0.3) is 0 Å². The van der Waals surface area contributed by atoms with E-state index in [0.717, 1.165) is 0 Å². The fourth-order valence-corrected chi connectivity index (χ4v) is 1.05. The average molecular weight is 287 g/mol. The van der Waals surface area contributed by atoms with Gasteiger partial charge in [-0.25, -0.2) is 9.59 Å². The molecule has 0 radical (unpaired) electrons. The molecule has 0 aliphatic rings. The number of esters is 1. The number of amides is 1. The molecule has 0 aliphatic carbocycles. The van der Waals surface area contributed by atoms with Gasteiger partial charge in [0.05, 0.1) is 13.2 Å². The quantitative estimate of drug-likeness (QED) is 0.407. The minimum Gasteiger partial charge on any atom is -0.460 e. The van der Waals surface area contributed by atoms with Crippen molar-refractivity contribution in [1.82, 2.24) is 4.90 Å². The van der Waals surface area contributed by atoms with Crippen molar-refractivity contribution < 1.29 is 23.8 Å². The third-order valence-electron chi connectivity index (χ3n) is 2.09. The van der Waals surface area contributed by atoms with Gasteiger partial charge in [0.15, 0.2) is 0 Å². The molecule has 6 nitrogen and oxygen atoms in total. The number of nitrogens with zero attached hydrogens (tertiary/aromatic N) is 1. The van der Waals surface area contributed by atoms with Crippen LogP contribution in [-0.2, 0) is 19.0 Å². The highest BCUT2D eigenvalue weighted by Gasteiger charge is 2.19. The number of carbonyl (C=O) groups is 2. The van der Waals surface area contributed by atoms with Crippen molar-refractivity contribution >= 4 is 12.1 Å². The summed E-state index contributed by atoms with van der Waals surface area (Å²) >= 11 is 0. The Morgan fingerprint density at radius 3 is 2.25 bits per heavy atom. The lowest BCUT2D eigenvalue weighted by Crippen LogP contribution is -2.36. The van der Waals surface area contributed by atoms with Crippen molar-refractivity contribution in [2.45, 2.75) is 33.3 Å². The fourth-order valence-electron chi connectivity index (χ4n) is 1.05. The van der Waals surface area contributed by atoms with Crippen molar-refractivity contribution in [2.24, 2.45) is 0 Å². The first-order valence-corrected chi connectivity index (χ1v) is 6.48. The first-order valence-electron chi connectivity index (χ1n) is 6.48. The van der Waals surface area contributed by atoms with Gasteiger partial charge in [0.2, 0.25) is 0 Å². The highest BCUT2D eigenvalue weighted by Crippen LogP contribution is 2.08. The monoisotopic (exact) mass is 287 g/mol. The van der Waals surface area contributed by atoms with Crippen LogP contribution in [-0.4, -0.2) is 56.0 Å². The molecule has 0 unspecified atom stereocenters. The number of carbonyl (C=O) groups excluding carboxylic acids is 2. The predicted octanol–water partition coefficient (Wildman–Crippen LogP) is 1.99. The van der Waals surface area contributed by atoms with Crippen molar-refractivity contribution in [3.05, 3.63) is 12.2 Å². The van der Waals surface area contributed by atoms with Gasteiger partial charge in [-0.15, -0.1) is 0 Å². The minimum atomic E-state index is -0.511. The van der Waals surface area contributed by atoms with Gasteiger partial charge in [-0.05, 0) is 27.7 Å². The van der Waals surface area contributed by atoms with E-state index >= 15 is 0 Å². The molecule has 0 heterocycles. The van der Waals surface area contributed by atoms with Crippen LogP contribution in [0.15, 0.2) is 12.2 Å². The van der Waals surface area contributed by atoms with Crippen molar-refractivity contribution in [3.8, 4) is 0 Å². The summed E-state index contributed by atoms with van der Waals surface area (Å²) in [6, 6.07) is 0. The molecule has 116 valence electrons. The van der Waals surface area contributed by atoms with Crippen LogP contribution in [0, 0.1) is 0 Å². The van der Waals surface area contributed by atoms with E-state index in [1.807, 2.05) is 20.8 Å². The lowest BCUT2D eigenvalue weighted by molar-refractivity contribution is -0.140. The van der Waals surface area contributed by atoms with Crippen molar-refractivity contribution in [1.29, 1.82) is 0 Å². The highest BCUT2D eigenvalue weighted by atomic mass is 16.6. The summed E-state index contributed by atoms with van der Waals surface area (Å²) in [5, 5.41) is 0. The maximum Gasteiger partial charge on any atom is 0.410 e. The SMILES string of the molecule is C=C(C)C(=O)OCCOCCN(C)C(=O)OC(C)(C)C. The second-order valence-corrected chi connectivity index (χ2v) is 5.43. The molecule has 0 fully saturated rings. The predicted molar refractivity (Wildman–Crippen MR) is 75.5 cm³/mol. The Morgan fingerprint density at radius 1 is 1.15 bits per heavy atom. The van der Waals surface area contributed by atoms with E-state index in [9.17, 15) is 9.59 Å². The summed E-state index contributed by atoms with van der Waals surface area (Å²) in [6.45, 7) is 11.7. The summed E-state index contributed by atoms with van der Waals surface area (Å²) in [5.74, 6) is -0.431. The third-order valence-corrected chi connectivity index (χ3v) is 2.09. The van der Waals surface area contributed by atoms with Crippen LogP contribution >= 0.6 is 0 Å². The summed E-state index contributed by atoms with van der Waals surface area (Å²) < 4.78 is 15.3. The van der Waals surface area contributed by atoms with E-state index in [1.165, 1.54) is 4.90 Å². The summed E-state index contributed by atoms with van der Waals surface area (Å²) in [4.78, 5) is 24.1. The third kappa shape index (κ3) is 9.38. The summed E-state index contributed by atoms with van der Waals surface area (Å²) in [5.41, 5.74) is -0.155. The molecule has 0 aromatic heterocycles. The zero-order valence-corrected chi connectivity index (χ0v) is 13.0. The highest BCUT2D eigenvalue weighted by molar-refractivity contribution is 5.86. The lowest BCUT2D eigenvalue weighted by Gasteiger charge is -2.24. The zero-order valence-electron chi connectivity index (χ0n) is 13.0. The Kier molecular flexibility index (Phi) is 7.91. The molecule has 1 amide bonds. The Labute approximate surface area is 120 Å². The van der Waals surface area contributed by atoms with Crippen LogP contribution in [0.25, 0.3) is 0 Å². The minimum absolute atomic E-state index is 0.168. The molecule has 0 atom stereocenters. The van der Waals surface area contributed by atoms with Crippen LogP contribution in [0.3, 0.4) is 0 Å². The Hall–Kier alpha value is -1.56. The molecule has 20 heavy (non-hydrogen) atoms. The molecule has 0 rings (SSSR count). The molecular weight excluding hydrogens is 262 g/mol. The van der Waals surface area contributed by atoms with Crippen LogP contribution in [0.4, 0.5) is 4.79 Å². The van der Waals surface area contributed by atoms with Crippen LogP contribution in [0.1, 0.15) is 27.7 Å². The summed E-state index contributed by atoms with van der Waals surface area (Å²) in [6.07, 6.45) is -0.394. The zero-order chi connectivity index (χ0) is 15.8. The molecule has 0 bridgehead atoms. The molecule has 0 aliphatic heterocycles. The second-order valence-electron chi connectivity index (χ2n) is 5.43. The van der Waals surface area contributed by atoms with E-state index in [4.69, 9.17) is 14.2 Å². The maximum absolute atomic E-state index is 11.6. The van der Waals surface area contributed by atoms with E-state index in [2.05, 4.69) is 6.58 Å². The second kappa shape index (κ2) is 8.58. The number of hydrogen-bond acceptors (Lipinski definition) is 5. The smallest absolute Gasteiger partial charge is 0.410 e. The van der Waals surface area contributed by atoms with Crippen molar-refractivity contribution in [3.63, 3.8) is 0 Å². The Balaban J connectivity index is 3.67. The van der Waals surface area contributed by atoms with E-state index < -0.39 is 17.7 Å². The topological polar surface area (TPSA) is 65.1 Å². The number of hydrogen-bond donors (Lipinski definition) is 0. The average Bonchev–Trinajstić information content (AvgIpc) is 2.30. The van der Waals surface area contributed by atoms with E-state index in [0.29, 0.717) is 18.7 Å². The van der Waals surface area contributed by atoms with Gasteiger partial charge in [-0.1, -0.05) is 6.58 Å². The largest absolute Gasteiger partial charge is 0.460 e. The summed E-state index contributed by atoms with van der Waals surface area (Å²) in [7, 11) is 1.64. The molecule has 0 aromatic rings. The van der Waals surface area contributed by atoms with Crippen molar-refractivity contribution in [2.75, 3.05) is 33.4 Å². The number of likely N-dealkylation sites (N-methyl/N-ethyl adjacent to an activating group) is 1. The van der Waals surface area contributed by atoms with Gasteiger partial charge in [0, 0.05) is 19.2 Å². The molecular formula is C14H25NO5. The Bertz CT molecular complexity index is 346. The maximum atomic E-state index is 11.6. The van der Waals surface area contributed by atoms with Gasteiger partial charge in [-0.3, -0.25) is 0 Å². The number of ether oxygens (including phenoxy) is 3.